The molecule has 84 valence electrons. The molecule has 0 saturated carbocycles. The van der Waals surface area contributed by atoms with Gasteiger partial charge in [0.05, 0.1) is 0 Å². The molecule has 1 aromatic heterocycles. The molecule has 0 N–H and O–H groups in total. The summed E-state index contributed by atoms with van der Waals surface area (Å²) in [6, 6.07) is 0. The Balaban J connectivity index is 3.35. The molecule has 1 rings (SSSR count). The van der Waals surface area contributed by atoms with Gasteiger partial charge in [0.15, 0.2) is 0 Å². The number of hydrogen-bond donors (Lipinski definition) is 0. The molecule has 0 spiro atoms. The summed E-state index contributed by atoms with van der Waals surface area (Å²) < 4.78 is 0. The second-order valence-corrected chi connectivity index (χ2v) is 7.22. The van der Waals surface area contributed by atoms with Crippen LogP contribution in [0.15, 0.2) is 24.8 Å². The van der Waals surface area contributed by atoms with Crippen LogP contribution < -0.4 is 0 Å². The van der Waals surface area contributed by atoms with Gasteiger partial charge in [-0.05, 0) is 0 Å². The molecular weight excluding hydrogens is 220 g/mol. The van der Waals surface area contributed by atoms with Crippen LogP contribution in [0.1, 0.15) is 31.5 Å². The molecule has 1 aromatic rings. The Labute approximate surface area is 108 Å². The maximum absolute atomic E-state index is 3.93. The minimum absolute atomic E-state index is 0.131. The van der Waals surface area contributed by atoms with Crippen molar-refractivity contribution in [2.24, 2.45) is 12.1 Å². The normalized spacial score (nSPS) is 12.7. The first-order valence-electron chi connectivity index (χ1n) is 5.86. The van der Waals surface area contributed by atoms with Gasteiger partial charge < -0.3 is 0 Å². The topological polar surface area (TPSA) is 0 Å². The standard InChI is InChI=1S/C13H19B3P/c1-7-10(13(3,4)5)9-11-12(8-2)17(6)16-15-14-11/h7-9H,1-2H2,3-6H3/q+1/b10-9+. The number of aryl methyl sites for hydroxylation is 1. The molecule has 4 heteroatoms. The van der Waals surface area contributed by atoms with Gasteiger partial charge in [-0.15, -0.1) is 0 Å². The van der Waals surface area contributed by atoms with Gasteiger partial charge in [0.1, 0.15) is 0 Å². The summed E-state index contributed by atoms with van der Waals surface area (Å²) in [6.07, 6.45) is 6.19. The van der Waals surface area contributed by atoms with Crippen molar-refractivity contribution in [1.82, 2.24) is 0 Å². The van der Waals surface area contributed by atoms with Crippen LogP contribution in [0.3, 0.4) is 0 Å². The van der Waals surface area contributed by atoms with Crippen LogP contribution in [0.2, 0.25) is 0 Å². The fourth-order valence-electron chi connectivity index (χ4n) is 1.78. The zero-order valence-electron chi connectivity index (χ0n) is 11.3. The van der Waals surface area contributed by atoms with Gasteiger partial charge in [0.2, 0.25) is 0 Å². The molecule has 0 aliphatic rings. The van der Waals surface area contributed by atoms with Crippen molar-refractivity contribution in [3.05, 3.63) is 35.6 Å². The molecular formula is C13H19B3P+. The summed E-state index contributed by atoms with van der Waals surface area (Å²) in [4.78, 5) is 0. The van der Waals surface area contributed by atoms with Gasteiger partial charge in [0, 0.05) is 0 Å². The van der Waals surface area contributed by atoms with E-state index in [1.165, 1.54) is 16.3 Å². The average molecular weight is 239 g/mol. The SMILES string of the molecule is C=C/C(=C\c1bbb[p+](C)c1C=C)C(C)(C)C. The monoisotopic (exact) mass is 239 g/mol. The molecule has 0 bridgehead atoms. The van der Waals surface area contributed by atoms with Gasteiger partial charge in [0.25, 0.3) is 0 Å². The average Bonchev–Trinajstić information content (AvgIpc) is 2.24. The fraction of sp³-hybridized carbons (Fsp3) is 0.385. The van der Waals surface area contributed by atoms with Crippen LogP contribution in [0, 0.1) is 5.41 Å². The van der Waals surface area contributed by atoms with E-state index in [-0.39, 0.29) is 12.8 Å². The maximum atomic E-state index is 3.93. The molecule has 17 heavy (non-hydrogen) atoms. The van der Waals surface area contributed by atoms with E-state index in [0.717, 1.165) is 0 Å². The number of hydrogen-bond acceptors (Lipinski definition) is 0. The molecule has 1 heterocycles. The molecule has 0 aliphatic heterocycles. The molecule has 0 aromatic carbocycles. The zero-order chi connectivity index (χ0) is 13.1. The first-order valence-corrected chi connectivity index (χ1v) is 7.71. The third-order valence-corrected chi connectivity index (χ3v) is 4.67. The van der Waals surface area contributed by atoms with Crippen LogP contribution in [0.5, 0.6) is 0 Å². The van der Waals surface area contributed by atoms with Crippen molar-refractivity contribution in [2.45, 2.75) is 20.8 Å². The van der Waals surface area contributed by atoms with E-state index in [9.17, 15) is 0 Å². The third-order valence-electron chi connectivity index (χ3n) is 2.85. The Morgan fingerprint density at radius 3 is 2.41 bits per heavy atom. The van der Waals surface area contributed by atoms with Crippen molar-refractivity contribution in [2.75, 3.05) is 0 Å². The van der Waals surface area contributed by atoms with Crippen molar-refractivity contribution in [1.29, 1.82) is 0 Å². The Kier molecular flexibility index (Phi) is 5.01. The Hall–Kier alpha value is -0.545. The van der Waals surface area contributed by atoms with Crippen molar-refractivity contribution in [3.8, 4) is 0 Å². The second kappa shape index (κ2) is 5.87. The Morgan fingerprint density at radius 2 is 1.94 bits per heavy atom. The van der Waals surface area contributed by atoms with Crippen molar-refractivity contribution < 1.29 is 0 Å². The summed E-state index contributed by atoms with van der Waals surface area (Å²) in [5.74, 6) is 0. The van der Waals surface area contributed by atoms with E-state index < -0.39 is 0 Å². The second-order valence-electron chi connectivity index (χ2n) is 5.22. The minimum atomic E-state index is -0.195. The molecule has 1 unspecified atom stereocenters. The van der Waals surface area contributed by atoms with E-state index in [2.05, 4.69) is 66.7 Å². The third kappa shape index (κ3) is 3.71. The molecule has 0 radical (unpaired) electrons. The van der Waals surface area contributed by atoms with E-state index in [1.54, 1.807) is 0 Å². The van der Waals surface area contributed by atoms with Gasteiger partial charge in [-0.1, -0.05) is 0 Å². The van der Waals surface area contributed by atoms with Gasteiger partial charge in [-0.25, -0.2) is 0 Å². The van der Waals surface area contributed by atoms with Crippen LogP contribution in [-0.2, 0) is 6.66 Å². The quantitative estimate of drug-likeness (QED) is 0.704. The zero-order valence-corrected chi connectivity index (χ0v) is 12.2. The van der Waals surface area contributed by atoms with Crippen LogP contribution in [-0.4, -0.2) is 20.0 Å². The van der Waals surface area contributed by atoms with Crippen molar-refractivity contribution in [3.63, 3.8) is 0 Å². The molecule has 0 amide bonds. The van der Waals surface area contributed by atoms with Crippen LogP contribution >= 0.6 is 7.41 Å². The van der Waals surface area contributed by atoms with Gasteiger partial charge in [-0.3, -0.25) is 0 Å². The molecule has 0 fully saturated rings. The van der Waals surface area contributed by atoms with Crippen LogP contribution in [0.25, 0.3) is 12.2 Å². The summed E-state index contributed by atoms with van der Waals surface area (Å²) in [5.41, 5.74) is 2.68. The van der Waals surface area contributed by atoms with E-state index in [4.69, 9.17) is 0 Å². The fourth-order valence-corrected chi connectivity index (χ4v) is 3.12. The molecule has 0 saturated heterocycles. The summed E-state index contributed by atoms with van der Waals surface area (Å²) in [7, 11) is -0.195. The number of allylic oxidation sites excluding steroid dienone is 2. The summed E-state index contributed by atoms with van der Waals surface area (Å²) >= 11 is 0. The van der Waals surface area contributed by atoms with E-state index in [1.807, 2.05) is 12.2 Å². The Morgan fingerprint density at radius 1 is 1.29 bits per heavy atom. The predicted octanol–water partition coefficient (Wildman–Crippen LogP) is 3.76. The predicted molar refractivity (Wildman–Crippen MR) is 86.3 cm³/mol. The van der Waals surface area contributed by atoms with Gasteiger partial charge >= 0.3 is 108 Å². The van der Waals surface area contributed by atoms with E-state index in [0.29, 0.717) is 0 Å². The first-order chi connectivity index (χ1) is 7.90. The first kappa shape index (κ1) is 14.5. The van der Waals surface area contributed by atoms with E-state index >= 15 is 0 Å². The molecule has 1 atom stereocenters. The van der Waals surface area contributed by atoms with Crippen LogP contribution in [0.4, 0.5) is 0 Å². The van der Waals surface area contributed by atoms with Crippen molar-refractivity contribution >= 4 is 39.5 Å². The summed E-state index contributed by atoms with van der Waals surface area (Å²) in [5, 5.41) is 1.35. The molecule has 0 nitrogen and oxygen atoms in total. The van der Waals surface area contributed by atoms with Gasteiger partial charge in [-0.2, -0.15) is 0 Å². The number of rotatable bonds is 3. The molecule has 0 aliphatic carbocycles. The summed E-state index contributed by atoms with van der Waals surface area (Å²) in [6.45, 7) is 23.3. The Bertz CT molecular complexity index is 470.